The zero-order valence-electron chi connectivity index (χ0n) is 11.0. The smallest absolute Gasteiger partial charge is 0.118 e. The van der Waals surface area contributed by atoms with Crippen LogP contribution in [-0.4, -0.2) is 16.9 Å². The number of rotatable bonds is 3. The molecule has 0 aliphatic carbocycles. The molecule has 2 aromatic carbocycles. The number of hydrogen-bond acceptors (Lipinski definition) is 2. The van der Waals surface area contributed by atoms with Gasteiger partial charge in [0.1, 0.15) is 10.4 Å². The van der Waals surface area contributed by atoms with Crippen molar-refractivity contribution in [2.24, 2.45) is 0 Å². The van der Waals surface area contributed by atoms with E-state index in [0.717, 1.165) is 27.3 Å². The van der Waals surface area contributed by atoms with Crippen molar-refractivity contribution < 1.29 is 4.74 Å². The van der Waals surface area contributed by atoms with Gasteiger partial charge in [0, 0.05) is 5.56 Å². The highest BCUT2D eigenvalue weighted by Gasteiger charge is 2.09. The van der Waals surface area contributed by atoms with E-state index in [1.165, 1.54) is 0 Å². The van der Waals surface area contributed by atoms with Crippen molar-refractivity contribution in [2.75, 3.05) is 7.11 Å². The van der Waals surface area contributed by atoms with Gasteiger partial charge in [0.2, 0.25) is 0 Å². The summed E-state index contributed by atoms with van der Waals surface area (Å²) in [5.74, 6) is 0.843. The summed E-state index contributed by atoms with van der Waals surface area (Å²) in [7, 11) is 1.66. The van der Waals surface area contributed by atoms with E-state index in [1.54, 1.807) is 7.11 Å². The second kappa shape index (κ2) is 5.51. The topological polar surface area (TPSA) is 27.1 Å². The van der Waals surface area contributed by atoms with Crippen LogP contribution in [0.25, 0.3) is 16.9 Å². The molecule has 0 N–H and O–H groups in total. The molecule has 0 aliphatic rings. The Kier molecular flexibility index (Phi) is 3.56. The standard InChI is InChI=1S/C16H13BrN2O/c1-20-14-9-7-12(8-10-14)15-11-16(17)19(18-15)13-5-3-2-4-6-13/h2-11H,1H3. The fraction of sp³-hybridized carbons (Fsp3) is 0.0625. The first-order chi connectivity index (χ1) is 9.78. The molecule has 1 aromatic heterocycles. The van der Waals surface area contributed by atoms with Gasteiger partial charge in [-0.25, -0.2) is 4.68 Å². The third-order valence-electron chi connectivity index (χ3n) is 3.05. The van der Waals surface area contributed by atoms with Crippen LogP contribution >= 0.6 is 15.9 Å². The predicted molar refractivity (Wildman–Crippen MR) is 83.3 cm³/mol. The summed E-state index contributed by atoms with van der Waals surface area (Å²) in [5, 5.41) is 4.63. The molecule has 0 amide bonds. The number of para-hydroxylation sites is 1. The molecule has 4 heteroatoms. The van der Waals surface area contributed by atoms with Gasteiger partial charge in [0.25, 0.3) is 0 Å². The molecule has 1 heterocycles. The van der Waals surface area contributed by atoms with Crippen LogP contribution < -0.4 is 4.74 Å². The molecule has 3 aromatic rings. The second-order valence-corrected chi connectivity index (χ2v) is 5.14. The lowest BCUT2D eigenvalue weighted by Gasteiger charge is -2.02. The lowest BCUT2D eigenvalue weighted by molar-refractivity contribution is 0.415. The maximum absolute atomic E-state index is 5.17. The van der Waals surface area contributed by atoms with Gasteiger partial charge >= 0.3 is 0 Å². The van der Waals surface area contributed by atoms with Crippen molar-refractivity contribution in [1.29, 1.82) is 0 Å². The minimum atomic E-state index is 0.843. The second-order valence-electron chi connectivity index (χ2n) is 4.33. The van der Waals surface area contributed by atoms with Gasteiger partial charge in [-0.3, -0.25) is 0 Å². The van der Waals surface area contributed by atoms with Crippen molar-refractivity contribution in [3.63, 3.8) is 0 Å². The van der Waals surface area contributed by atoms with E-state index in [1.807, 2.05) is 65.3 Å². The van der Waals surface area contributed by atoms with Crippen LogP contribution in [0, 0.1) is 0 Å². The molecule has 3 rings (SSSR count). The van der Waals surface area contributed by atoms with Gasteiger partial charge in [-0.05, 0) is 58.4 Å². The fourth-order valence-corrected chi connectivity index (χ4v) is 2.51. The van der Waals surface area contributed by atoms with Crippen LogP contribution in [0.3, 0.4) is 0 Å². The zero-order valence-corrected chi connectivity index (χ0v) is 12.5. The first-order valence-corrected chi connectivity index (χ1v) is 7.02. The molecule has 0 saturated carbocycles. The van der Waals surface area contributed by atoms with Crippen molar-refractivity contribution in [1.82, 2.24) is 9.78 Å². The Morgan fingerprint density at radius 2 is 1.70 bits per heavy atom. The number of benzene rings is 2. The molecule has 0 spiro atoms. The SMILES string of the molecule is COc1ccc(-c2cc(Br)n(-c3ccccc3)n2)cc1. The summed E-state index contributed by atoms with van der Waals surface area (Å²) >= 11 is 3.56. The highest BCUT2D eigenvalue weighted by atomic mass is 79.9. The van der Waals surface area contributed by atoms with Crippen molar-refractivity contribution in [3.8, 4) is 22.7 Å². The number of methoxy groups -OCH3 is 1. The molecular formula is C16H13BrN2O. The first kappa shape index (κ1) is 12.9. The highest BCUT2D eigenvalue weighted by molar-refractivity contribution is 9.10. The van der Waals surface area contributed by atoms with E-state index >= 15 is 0 Å². The Morgan fingerprint density at radius 1 is 1.00 bits per heavy atom. The Labute approximate surface area is 125 Å². The van der Waals surface area contributed by atoms with E-state index in [4.69, 9.17) is 4.74 Å². The molecule has 0 unspecified atom stereocenters. The van der Waals surface area contributed by atoms with E-state index in [9.17, 15) is 0 Å². The largest absolute Gasteiger partial charge is 0.497 e. The maximum Gasteiger partial charge on any atom is 0.118 e. The van der Waals surface area contributed by atoms with Crippen LogP contribution in [0.4, 0.5) is 0 Å². The summed E-state index contributed by atoms with van der Waals surface area (Å²) in [6, 6.07) is 19.9. The van der Waals surface area contributed by atoms with Crippen molar-refractivity contribution >= 4 is 15.9 Å². The molecule has 100 valence electrons. The van der Waals surface area contributed by atoms with Crippen LogP contribution in [0.5, 0.6) is 5.75 Å². The molecule has 0 aliphatic heterocycles. The molecule has 0 fully saturated rings. The predicted octanol–water partition coefficient (Wildman–Crippen LogP) is 4.31. The molecule has 20 heavy (non-hydrogen) atoms. The van der Waals surface area contributed by atoms with Crippen molar-refractivity contribution in [3.05, 3.63) is 65.3 Å². The Morgan fingerprint density at radius 3 is 2.35 bits per heavy atom. The third kappa shape index (κ3) is 2.47. The average molecular weight is 329 g/mol. The van der Waals surface area contributed by atoms with Gasteiger partial charge in [-0.15, -0.1) is 0 Å². The van der Waals surface area contributed by atoms with Crippen LogP contribution in [0.2, 0.25) is 0 Å². The number of halogens is 1. The van der Waals surface area contributed by atoms with Gasteiger partial charge in [-0.2, -0.15) is 5.10 Å². The summed E-state index contributed by atoms with van der Waals surface area (Å²) in [6.45, 7) is 0. The van der Waals surface area contributed by atoms with E-state index in [-0.39, 0.29) is 0 Å². The summed E-state index contributed by atoms with van der Waals surface area (Å²) in [4.78, 5) is 0. The van der Waals surface area contributed by atoms with Gasteiger partial charge in [0.15, 0.2) is 0 Å². The molecule has 0 radical (unpaired) electrons. The Hall–Kier alpha value is -2.07. The van der Waals surface area contributed by atoms with E-state index in [0.29, 0.717) is 0 Å². The maximum atomic E-state index is 5.17. The van der Waals surface area contributed by atoms with Crippen LogP contribution in [-0.2, 0) is 0 Å². The van der Waals surface area contributed by atoms with Crippen molar-refractivity contribution in [2.45, 2.75) is 0 Å². The highest BCUT2D eigenvalue weighted by Crippen LogP contribution is 2.26. The molecule has 0 saturated heterocycles. The van der Waals surface area contributed by atoms with Crippen LogP contribution in [0.15, 0.2) is 65.3 Å². The molecule has 0 atom stereocenters. The lowest BCUT2D eigenvalue weighted by atomic mass is 10.1. The fourth-order valence-electron chi connectivity index (χ4n) is 2.01. The lowest BCUT2D eigenvalue weighted by Crippen LogP contribution is -1.96. The Balaban J connectivity index is 2.00. The summed E-state index contributed by atoms with van der Waals surface area (Å²) in [6.07, 6.45) is 0. The Bertz CT molecular complexity index is 705. The number of nitrogens with zero attached hydrogens (tertiary/aromatic N) is 2. The van der Waals surface area contributed by atoms with Crippen LogP contribution in [0.1, 0.15) is 0 Å². The summed E-state index contributed by atoms with van der Waals surface area (Å²) in [5.41, 5.74) is 3.00. The normalized spacial score (nSPS) is 10.5. The minimum Gasteiger partial charge on any atom is -0.497 e. The number of ether oxygens (including phenoxy) is 1. The summed E-state index contributed by atoms with van der Waals surface area (Å²) < 4.78 is 7.97. The van der Waals surface area contributed by atoms with E-state index < -0.39 is 0 Å². The van der Waals surface area contributed by atoms with Gasteiger partial charge in [0.05, 0.1) is 18.5 Å². The molecular weight excluding hydrogens is 316 g/mol. The van der Waals surface area contributed by atoms with Gasteiger partial charge < -0.3 is 4.74 Å². The number of hydrogen-bond donors (Lipinski definition) is 0. The molecule has 3 nitrogen and oxygen atoms in total. The monoisotopic (exact) mass is 328 g/mol. The quantitative estimate of drug-likeness (QED) is 0.716. The number of aromatic nitrogens is 2. The van der Waals surface area contributed by atoms with Gasteiger partial charge in [-0.1, -0.05) is 18.2 Å². The van der Waals surface area contributed by atoms with E-state index in [2.05, 4.69) is 21.0 Å². The third-order valence-corrected chi connectivity index (χ3v) is 3.62. The minimum absolute atomic E-state index is 0.843. The average Bonchev–Trinajstić information content (AvgIpc) is 2.90. The molecule has 0 bridgehead atoms. The first-order valence-electron chi connectivity index (χ1n) is 6.23. The zero-order chi connectivity index (χ0) is 13.9.